The molecule has 3 nitrogen and oxygen atoms in total. The summed E-state index contributed by atoms with van der Waals surface area (Å²) in [5.41, 5.74) is 0. The van der Waals surface area contributed by atoms with Gasteiger partial charge in [-0.1, -0.05) is 77.7 Å². The highest BCUT2D eigenvalue weighted by Gasteiger charge is 1.62. The Balaban J connectivity index is -0.00000000974. The third-order valence-electron chi connectivity index (χ3n) is 0. The first kappa shape index (κ1) is 68.1. The summed E-state index contributed by atoms with van der Waals surface area (Å²) in [5.74, 6) is 0.167. The van der Waals surface area contributed by atoms with Crippen molar-refractivity contribution in [2.24, 2.45) is 0 Å². The number of ketones is 1. The van der Waals surface area contributed by atoms with Gasteiger partial charge in [0, 0.05) is 14.2 Å². The van der Waals surface area contributed by atoms with Gasteiger partial charge in [0.1, 0.15) is 5.78 Å². The summed E-state index contributed by atoms with van der Waals surface area (Å²) in [6.07, 6.45) is 2.50. The molecule has 0 fully saturated rings. The van der Waals surface area contributed by atoms with Crippen LogP contribution >= 0.6 is 0 Å². The first-order chi connectivity index (χ1) is 7.71. The Morgan fingerprint density at radius 3 is 0.727 bits per heavy atom. The van der Waals surface area contributed by atoms with Crippen LogP contribution in [0, 0.1) is 0 Å². The minimum absolute atomic E-state index is 0. The van der Waals surface area contributed by atoms with Crippen LogP contribution in [0.15, 0.2) is 0 Å². The standard InChI is InChI=1S/C3H9N.C3H6O.2C3H8.C2H6O.5CH4/c1-4(2)3;1-3(2)4;3*1-3-2;;;;;/h1-3H3;1-2H3;2*3H2,1-2H3;1-2H3;5*1H4. The van der Waals surface area contributed by atoms with E-state index < -0.39 is 0 Å². The van der Waals surface area contributed by atoms with E-state index in [-0.39, 0.29) is 42.9 Å². The van der Waals surface area contributed by atoms with Gasteiger partial charge in [-0.25, -0.2) is 0 Å². The second-order valence-corrected chi connectivity index (χ2v) is 4.07. The van der Waals surface area contributed by atoms with Crippen LogP contribution in [0.3, 0.4) is 0 Å². The van der Waals surface area contributed by atoms with Gasteiger partial charge < -0.3 is 14.4 Å². The summed E-state index contributed by atoms with van der Waals surface area (Å²) in [6, 6.07) is 0. The van der Waals surface area contributed by atoms with Crippen LogP contribution in [0.5, 0.6) is 0 Å². The molecule has 0 unspecified atom stereocenters. The summed E-state index contributed by atoms with van der Waals surface area (Å²) in [6.45, 7) is 11.6. The topological polar surface area (TPSA) is 29.5 Å². The minimum atomic E-state index is 0. The van der Waals surface area contributed by atoms with E-state index in [0.29, 0.717) is 0 Å². The normalized spacial score (nSPS) is 5.27. The highest BCUT2D eigenvalue weighted by molar-refractivity contribution is 5.72. The minimum Gasteiger partial charge on any atom is -0.388 e. The van der Waals surface area contributed by atoms with Crippen LogP contribution in [-0.4, -0.2) is 46.0 Å². The summed E-state index contributed by atoms with van der Waals surface area (Å²) < 4.78 is 4.25. The monoisotopic (exact) mass is 331 g/mol. The quantitative estimate of drug-likeness (QED) is 0.476. The number of ether oxygens (including phenoxy) is 1. The summed E-state index contributed by atoms with van der Waals surface area (Å²) in [5, 5.41) is 0. The molecular formula is C19H57NO2. The molecule has 150 valence electrons. The SMILES string of the molecule is C.C.C.C.C.CC(C)=O.CCC.CCC.CN(C)C.COC. The lowest BCUT2D eigenvalue weighted by Crippen LogP contribution is -1.99. The number of methoxy groups -OCH3 is 1. The maximum atomic E-state index is 9.44. The smallest absolute Gasteiger partial charge is 0.126 e. The molecule has 3 heteroatoms. The second kappa shape index (κ2) is 107. The second-order valence-electron chi connectivity index (χ2n) is 4.07. The third-order valence-corrected chi connectivity index (χ3v) is 0. The number of Topliss-reactive ketones (excluding diaryl/α,β-unsaturated/α-hetero) is 1. The molecule has 22 heavy (non-hydrogen) atoms. The van der Waals surface area contributed by atoms with Gasteiger partial charge in [0.15, 0.2) is 0 Å². The average Bonchev–Trinajstić information content (AvgIpc) is 2.03. The van der Waals surface area contributed by atoms with E-state index in [1.54, 1.807) is 14.2 Å². The highest BCUT2D eigenvalue weighted by Crippen LogP contribution is 1.56. The van der Waals surface area contributed by atoms with Crippen LogP contribution < -0.4 is 0 Å². The van der Waals surface area contributed by atoms with Crippen LogP contribution in [-0.2, 0) is 9.53 Å². The van der Waals surface area contributed by atoms with E-state index in [2.05, 4.69) is 32.4 Å². The molecule has 0 amide bonds. The molecule has 0 aliphatic rings. The Kier molecular flexibility index (Phi) is 332. The molecule has 0 spiro atoms. The van der Waals surface area contributed by atoms with Gasteiger partial charge in [-0.15, -0.1) is 0 Å². The van der Waals surface area contributed by atoms with Crippen molar-refractivity contribution in [3.8, 4) is 0 Å². The Morgan fingerprint density at radius 1 is 0.727 bits per heavy atom. The predicted octanol–water partition coefficient (Wildman–Crippen LogP) is 7.05. The van der Waals surface area contributed by atoms with Gasteiger partial charge in [0.2, 0.25) is 0 Å². The van der Waals surface area contributed by atoms with Gasteiger partial charge in [-0.3, -0.25) is 0 Å². The fraction of sp³-hybridized carbons (Fsp3) is 0.947. The van der Waals surface area contributed by atoms with Crippen LogP contribution in [0.1, 0.15) is 91.5 Å². The van der Waals surface area contributed by atoms with E-state index in [1.165, 1.54) is 26.7 Å². The van der Waals surface area contributed by atoms with E-state index >= 15 is 0 Å². The molecule has 0 rings (SSSR count). The molecule has 0 N–H and O–H groups in total. The number of carbonyl (C=O) groups excluding carboxylic acids is 1. The zero-order chi connectivity index (χ0) is 15.3. The molecule has 0 aliphatic carbocycles. The molecule has 0 aromatic carbocycles. The maximum Gasteiger partial charge on any atom is 0.126 e. The molecule has 0 aromatic rings. The predicted molar refractivity (Wildman–Crippen MR) is 114 cm³/mol. The Hall–Kier alpha value is -0.410. The Morgan fingerprint density at radius 2 is 0.727 bits per heavy atom. The highest BCUT2D eigenvalue weighted by atomic mass is 16.4. The molecule has 0 bridgehead atoms. The van der Waals surface area contributed by atoms with Gasteiger partial charge in [0.25, 0.3) is 0 Å². The molecular weight excluding hydrogens is 274 g/mol. The first-order valence-corrected chi connectivity index (χ1v) is 6.19. The van der Waals surface area contributed by atoms with Crippen molar-refractivity contribution in [2.75, 3.05) is 35.4 Å². The van der Waals surface area contributed by atoms with Crippen molar-refractivity contribution in [3.63, 3.8) is 0 Å². The molecule has 0 aromatic heterocycles. The number of hydrogen-bond donors (Lipinski definition) is 0. The Labute approximate surface area is 147 Å². The van der Waals surface area contributed by atoms with Gasteiger partial charge in [-0.05, 0) is 35.0 Å². The zero-order valence-corrected chi connectivity index (χ0v) is 14.2. The maximum absolute atomic E-state index is 9.44. The average molecular weight is 332 g/mol. The molecule has 0 aliphatic heterocycles. The first-order valence-electron chi connectivity index (χ1n) is 6.19. The fourth-order valence-corrected chi connectivity index (χ4v) is 0. The molecule has 0 saturated carbocycles. The number of hydrogen-bond acceptors (Lipinski definition) is 3. The van der Waals surface area contributed by atoms with E-state index in [9.17, 15) is 4.79 Å². The van der Waals surface area contributed by atoms with Gasteiger partial charge >= 0.3 is 0 Å². The van der Waals surface area contributed by atoms with Crippen LogP contribution in [0.4, 0.5) is 0 Å². The number of nitrogens with zero attached hydrogens (tertiary/aromatic N) is 1. The Bertz CT molecular complexity index is 83.9. The lowest BCUT2D eigenvalue weighted by molar-refractivity contribution is -0.114. The molecule has 0 radical (unpaired) electrons. The van der Waals surface area contributed by atoms with E-state index in [0.717, 1.165) is 0 Å². The van der Waals surface area contributed by atoms with Crippen molar-refractivity contribution >= 4 is 5.78 Å². The number of carbonyl (C=O) groups is 1. The third kappa shape index (κ3) is 40300. The summed E-state index contributed by atoms with van der Waals surface area (Å²) in [4.78, 5) is 11.4. The van der Waals surface area contributed by atoms with Crippen molar-refractivity contribution in [1.82, 2.24) is 4.90 Å². The van der Waals surface area contributed by atoms with Crippen LogP contribution in [0.2, 0.25) is 0 Å². The van der Waals surface area contributed by atoms with Gasteiger partial charge in [0.05, 0.1) is 0 Å². The lowest BCUT2D eigenvalue weighted by atomic mass is 10.6. The largest absolute Gasteiger partial charge is 0.388 e. The summed E-state index contributed by atoms with van der Waals surface area (Å²) >= 11 is 0. The fourth-order valence-electron chi connectivity index (χ4n) is 0. The van der Waals surface area contributed by atoms with Crippen molar-refractivity contribution in [1.29, 1.82) is 0 Å². The van der Waals surface area contributed by atoms with Crippen molar-refractivity contribution < 1.29 is 9.53 Å². The summed E-state index contributed by atoms with van der Waals surface area (Å²) in [7, 11) is 9.25. The van der Waals surface area contributed by atoms with Crippen molar-refractivity contribution in [3.05, 3.63) is 0 Å². The molecule has 0 saturated heterocycles. The lowest BCUT2D eigenvalue weighted by Gasteiger charge is -1.90. The van der Waals surface area contributed by atoms with Gasteiger partial charge in [-0.2, -0.15) is 0 Å². The number of rotatable bonds is 0. The van der Waals surface area contributed by atoms with E-state index in [4.69, 9.17) is 0 Å². The zero-order valence-electron chi connectivity index (χ0n) is 14.2. The molecule has 0 atom stereocenters. The van der Waals surface area contributed by atoms with E-state index in [1.807, 2.05) is 26.0 Å². The van der Waals surface area contributed by atoms with Crippen molar-refractivity contribution in [2.45, 2.75) is 91.5 Å². The van der Waals surface area contributed by atoms with Crippen LogP contribution in [0.25, 0.3) is 0 Å². The molecule has 0 heterocycles.